The highest BCUT2D eigenvalue weighted by Crippen LogP contribution is 2.38. The second-order valence-electron chi connectivity index (χ2n) is 6.66. The zero-order chi connectivity index (χ0) is 19.6. The molecular formula is C19H21FN2O5S. The molecule has 0 unspecified atom stereocenters. The Kier molecular flexibility index (Phi) is 5.38. The second kappa shape index (κ2) is 7.94. The number of hydrogen-bond donors (Lipinski definition) is 1. The molecule has 2 aromatic rings. The zero-order valence-electron chi connectivity index (χ0n) is 15.1. The summed E-state index contributed by atoms with van der Waals surface area (Å²) in [6, 6.07) is 10.3. The largest absolute Gasteiger partial charge is 0.488 e. The Morgan fingerprint density at radius 3 is 2.75 bits per heavy atom. The molecule has 1 saturated heterocycles. The monoisotopic (exact) mass is 408 g/mol. The number of likely N-dealkylation sites (tertiary alicyclic amines) is 1. The molecule has 2 heterocycles. The van der Waals surface area contributed by atoms with E-state index in [-0.39, 0.29) is 10.9 Å². The molecule has 9 heteroatoms. The number of ether oxygens (including phenoxy) is 3. The first-order valence-corrected chi connectivity index (χ1v) is 10.5. The van der Waals surface area contributed by atoms with Gasteiger partial charge < -0.3 is 14.2 Å². The molecule has 0 aromatic heterocycles. The van der Waals surface area contributed by atoms with Gasteiger partial charge in [0.25, 0.3) is 0 Å². The SMILES string of the molecule is O=S(=O)(NC1CN(CCOc2cccc3c2OCCO3)C1)c1cccc(F)c1. The minimum atomic E-state index is -3.72. The summed E-state index contributed by atoms with van der Waals surface area (Å²) in [4.78, 5) is 2.01. The van der Waals surface area contributed by atoms with Crippen molar-refractivity contribution < 1.29 is 27.0 Å². The van der Waals surface area contributed by atoms with Crippen molar-refractivity contribution in [2.75, 3.05) is 39.5 Å². The van der Waals surface area contributed by atoms with E-state index in [4.69, 9.17) is 14.2 Å². The predicted octanol–water partition coefficient (Wildman–Crippen LogP) is 1.64. The Morgan fingerprint density at radius 2 is 1.93 bits per heavy atom. The molecule has 2 aromatic carbocycles. The number of halogens is 1. The predicted molar refractivity (Wildman–Crippen MR) is 99.9 cm³/mol. The molecule has 4 rings (SSSR count). The van der Waals surface area contributed by atoms with Crippen molar-refractivity contribution in [2.45, 2.75) is 10.9 Å². The van der Waals surface area contributed by atoms with Crippen molar-refractivity contribution >= 4 is 10.0 Å². The van der Waals surface area contributed by atoms with Gasteiger partial charge in [0.2, 0.25) is 15.8 Å². The Morgan fingerprint density at radius 1 is 1.14 bits per heavy atom. The first-order chi connectivity index (χ1) is 13.5. The summed E-state index contributed by atoms with van der Waals surface area (Å²) in [7, 11) is -3.72. The molecule has 0 aliphatic carbocycles. The van der Waals surface area contributed by atoms with Gasteiger partial charge in [0.1, 0.15) is 25.6 Å². The lowest BCUT2D eigenvalue weighted by atomic mass is 10.1. The molecule has 150 valence electrons. The molecular weight excluding hydrogens is 387 g/mol. The molecule has 0 radical (unpaired) electrons. The first-order valence-electron chi connectivity index (χ1n) is 9.03. The molecule has 0 bridgehead atoms. The van der Waals surface area contributed by atoms with E-state index in [1.54, 1.807) is 0 Å². The van der Waals surface area contributed by atoms with E-state index < -0.39 is 15.8 Å². The van der Waals surface area contributed by atoms with E-state index in [1.807, 2.05) is 18.2 Å². The van der Waals surface area contributed by atoms with Crippen LogP contribution in [0.3, 0.4) is 0 Å². The van der Waals surface area contributed by atoms with E-state index in [0.29, 0.717) is 56.7 Å². The molecule has 2 aliphatic rings. The lowest BCUT2D eigenvalue weighted by Gasteiger charge is -2.39. The van der Waals surface area contributed by atoms with E-state index in [2.05, 4.69) is 9.62 Å². The molecule has 0 amide bonds. The first kappa shape index (κ1) is 19.0. The minimum Gasteiger partial charge on any atom is -0.488 e. The number of benzene rings is 2. The van der Waals surface area contributed by atoms with Crippen LogP contribution in [-0.2, 0) is 10.0 Å². The molecule has 7 nitrogen and oxygen atoms in total. The van der Waals surface area contributed by atoms with Gasteiger partial charge in [-0.05, 0) is 30.3 Å². The topological polar surface area (TPSA) is 77.1 Å². The van der Waals surface area contributed by atoms with Crippen molar-refractivity contribution in [3.05, 3.63) is 48.3 Å². The third-order valence-corrected chi connectivity index (χ3v) is 6.10. The molecule has 1 N–H and O–H groups in total. The normalized spacial score (nSPS) is 17.2. The fraction of sp³-hybridized carbons (Fsp3) is 0.368. The highest BCUT2D eigenvalue weighted by molar-refractivity contribution is 7.89. The fourth-order valence-corrected chi connectivity index (χ4v) is 4.44. The zero-order valence-corrected chi connectivity index (χ0v) is 16.0. The minimum absolute atomic E-state index is 0.0645. The third-order valence-electron chi connectivity index (χ3n) is 4.58. The van der Waals surface area contributed by atoms with E-state index in [0.717, 1.165) is 6.07 Å². The highest BCUT2D eigenvalue weighted by atomic mass is 32.2. The van der Waals surface area contributed by atoms with E-state index >= 15 is 0 Å². The number of rotatable bonds is 7. The van der Waals surface area contributed by atoms with Crippen molar-refractivity contribution in [1.29, 1.82) is 0 Å². The Labute approximate surface area is 163 Å². The third kappa shape index (κ3) is 4.21. The van der Waals surface area contributed by atoms with Crippen LogP contribution in [0.4, 0.5) is 4.39 Å². The van der Waals surface area contributed by atoms with Crippen molar-refractivity contribution in [3.63, 3.8) is 0 Å². The molecule has 0 spiro atoms. The maximum Gasteiger partial charge on any atom is 0.241 e. The summed E-state index contributed by atoms with van der Waals surface area (Å²) in [5.41, 5.74) is 0. The van der Waals surface area contributed by atoms with Gasteiger partial charge in [0.15, 0.2) is 11.5 Å². The summed E-state index contributed by atoms with van der Waals surface area (Å²) in [5, 5.41) is 0. The highest BCUT2D eigenvalue weighted by Gasteiger charge is 2.31. The Balaban J connectivity index is 1.23. The summed E-state index contributed by atoms with van der Waals surface area (Å²) < 4.78 is 57.3. The second-order valence-corrected chi connectivity index (χ2v) is 8.38. The molecule has 28 heavy (non-hydrogen) atoms. The van der Waals surface area contributed by atoms with Gasteiger partial charge in [-0.25, -0.2) is 17.5 Å². The van der Waals surface area contributed by atoms with Crippen LogP contribution in [0, 0.1) is 5.82 Å². The number of nitrogens with zero attached hydrogens (tertiary/aromatic N) is 1. The molecule has 0 saturated carbocycles. The van der Waals surface area contributed by atoms with Crippen LogP contribution < -0.4 is 18.9 Å². The average Bonchev–Trinajstić information content (AvgIpc) is 2.66. The van der Waals surface area contributed by atoms with Crippen LogP contribution in [0.2, 0.25) is 0 Å². The van der Waals surface area contributed by atoms with Gasteiger partial charge in [-0.1, -0.05) is 12.1 Å². The van der Waals surface area contributed by atoms with Crippen LogP contribution in [0.1, 0.15) is 0 Å². The van der Waals surface area contributed by atoms with Crippen LogP contribution in [0.25, 0.3) is 0 Å². The lowest BCUT2D eigenvalue weighted by Crippen LogP contribution is -2.59. The van der Waals surface area contributed by atoms with Crippen LogP contribution in [0.15, 0.2) is 47.4 Å². The Bertz CT molecular complexity index is 947. The number of hydrogen-bond acceptors (Lipinski definition) is 6. The number of sulfonamides is 1. The molecule has 0 atom stereocenters. The summed E-state index contributed by atoms with van der Waals surface area (Å²) in [6.07, 6.45) is 0. The van der Waals surface area contributed by atoms with Crippen LogP contribution in [-0.4, -0.2) is 58.8 Å². The lowest BCUT2D eigenvalue weighted by molar-refractivity contribution is 0.112. The number of para-hydroxylation sites is 1. The standard InChI is InChI=1S/C19H21FN2O5S/c20-14-3-1-4-16(11-14)28(23,24)21-15-12-22(13-15)7-8-25-17-5-2-6-18-19(17)27-10-9-26-18/h1-6,11,15,21H,7-10,12-13H2. The number of nitrogens with one attached hydrogen (secondary N) is 1. The maximum absolute atomic E-state index is 13.2. The van der Waals surface area contributed by atoms with Gasteiger partial charge in [0.05, 0.1) is 4.90 Å². The van der Waals surface area contributed by atoms with Gasteiger partial charge in [-0.3, -0.25) is 4.90 Å². The van der Waals surface area contributed by atoms with Crippen molar-refractivity contribution in [2.24, 2.45) is 0 Å². The van der Waals surface area contributed by atoms with Gasteiger partial charge >= 0.3 is 0 Å². The summed E-state index contributed by atoms with van der Waals surface area (Å²) in [5.74, 6) is 1.37. The number of fused-ring (bicyclic) bond motifs is 1. The van der Waals surface area contributed by atoms with Gasteiger partial charge in [-0.2, -0.15) is 0 Å². The Hall–Kier alpha value is -2.36. The van der Waals surface area contributed by atoms with E-state index in [1.165, 1.54) is 18.2 Å². The van der Waals surface area contributed by atoms with Gasteiger partial charge in [0, 0.05) is 25.7 Å². The smallest absolute Gasteiger partial charge is 0.241 e. The quantitative estimate of drug-likeness (QED) is 0.751. The van der Waals surface area contributed by atoms with Gasteiger partial charge in [-0.15, -0.1) is 0 Å². The summed E-state index contributed by atoms with van der Waals surface area (Å²) >= 11 is 0. The fourth-order valence-electron chi connectivity index (χ4n) is 3.19. The molecule has 2 aliphatic heterocycles. The maximum atomic E-state index is 13.2. The van der Waals surface area contributed by atoms with Crippen LogP contribution in [0.5, 0.6) is 17.2 Å². The molecule has 1 fully saturated rings. The average molecular weight is 408 g/mol. The van der Waals surface area contributed by atoms with E-state index in [9.17, 15) is 12.8 Å². The summed E-state index contributed by atoms with van der Waals surface area (Å²) in [6.45, 7) is 3.27. The van der Waals surface area contributed by atoms with Crippen LogP contribution >= 0.6 is 0 Å². The van der Waals surface area contributed by atoms with Crippen molar-refractivity contribution in [3.8, 4) is 17.2 Å². The van der Waals surface area contributed by atoms with Crippen molar-refractivity contribution in [1.82, 2.24) is 9.62 Å².